The van der Waals surface area contributed by atoms with Gasteiger partial charge in [-0.1, -0.05) is 0 Å². The quantitative estimate of drug-likeness (QED) is 0.665. The van der Waals surface area contributed by atoms with Crippen molar-refractivity contribution < 1.29 is 14.2 Å². The van der Waals surface area contributed by atoms with Crippen molar-refractivity contribution in [3.8, 4) is 0 Å². The number of allylic oxidation sites excluding steroid dienone is 2. The maximum Gasteiger partial charge on any atom is 0.144 e. The van der Waals surface area contributed by atoms with Crippen LogP contribution >= 0.6 is 0 Å². The molecule has 0 heterocycles. The van der Waals surface area contributed by atoms with Gasteiger partial charge < -0.3 is 14.2 Å². The molecule has 0 N–H and O–H groups in total. The van der Waals surface area contributed by atoms with Crippen LogP contribution in [0.4, 0.5) is 0 Å². The molecule has 0 aromatic heterocycles. The van der Waals surface area contributed by atoms with E-state index in [1.165, 1.54) is 0 Å². The monoisotopic (exact) mass is 184 g/mol. The molecule has 0 saturated heterocycles. The minimum Gasteiger partial charge on any atom is -0.498 e. The molecule has 13 heavy (non-hydrogen) atoms. The summed E-state index contributed by atoms with van der Waals surface area (Å²) >= 11 is 0. The molecule has 2 unspecified atom stereocenters. The molecule has 0 fully saturated rings. The van der Waals surface area contributed by atoms with E-state index >= 15 is 0 Å². The van der Waals surface area contributed by atoms with E-state index < -0.39 is 0 Å². The highest BCUT2D eigenvalue weighted by Crippen LogP contribution is 2.22. The number of ether oxygens (including phenoxy) is 3. The number of hydrogen-bond acceptors (Lipinski definition) is 3. The lowest BCUT2D eigenvalue weighted by atomic mass is 10.0. The summed E-state index contributed by atoms with van der Waals surface area (Å²) in [4.78, 5) is 0. The van der Waals surface area contributed by atoms with Crippen LogP contribution in [0.25, 0.3) is 0 Å². The summed E-state index contributed by atoms with van der Waals surface area (Å²) in [6.07, 6.45) is 3.81. The highest BCUT2D eigenvalue weighted by Gasteiger charge is 2.27. The Morgan fingerprint density at radius 2 is 1.85 bits per heavy atom. The first-order valence-electron chi connectivity index (χ1n) is 4.22. The molecule has 1 aliphatic rings. The Hall–Kier alpha value is -0.800. The van der Waals surface area contributed by atoms with E-state index in [2.05, 4.69) is 0 Å². The van der Waals surface area contributed by atoms with Crippen molar-refractivity contribution in [2.24, 2.45) is 0 Å². The highest BCUT2D eigenvalue weighted by atomic mass is 16.6. The lowest BCUT2D eigenvalue weighted by molar-refractivity contribution is -0.0189. The smallest absolute Gasteiger partial charge is 0.144 e. The minimum atomic E-state index is -0.126. The van der Waals surface area contributed by atoms with Crippen LogP contribution in [-0.2, 0) is 14.2 Å². The van der Waals surface area contributed by atoms with Crippen molar-refractivity contribution in [3.63, 3.8) is 0 Å². The van der Waals surface area contributed by atoms with Crippen molar-refractivity contribution in [3.05, 3.63) is 23.5 Å². The van der Waals surface area contributed by atoms with Crippen molar-refractivity contribution in [1.29, 1.82) is 0 Å². The largest absolute Gasteiger partial charge is 0.498 e. The Morgan fingerprint density at radius 3 is 2.31 bits per heavy atom. The van der Waals surface area contributed by atoms with Crippen LogP contribution in [0.15, 0.2) is 23.5 Å². The third-order valence-corrected chi connectivity index (χ3v) is 2.14. The molecule has 74 valence electrons. The fourth-order valence-corrected chi connectivity index (χ4v) is 1.48. The van der Waals surface area contributed by atoms with Gasteiger partial charge >= 0.3 is 0 Å². The van der Waals surface area contributed by atoms with Gasteiger partial charge in [0.05, 0.1) is 7.11 Å². The van der Waals surface area contributed by atoms with Crippen LogP contribution in [-0.4, -0.2) is 33.5 Å². The molecule has 2 atom stereocenters. The molecule has 0 radical (unpaired) electrons. The Balaban J connectivity index is 2.86. The van der Waals surface area contributed by atoms with Crippen LogP contribution in [0.5, 0.6) is 0 Å². The normalized spacial score (nSPS) is 28.0. The van der Waals surface area contributed by atoms with Crippen LogP contribution in [0.1, 0.15) is 6.92 Å². The van der Waals surface area contributed by atoms with Gasteiger partial charge in [-0.3, -0.25) is 0 Å². The maximum atomic E-state index is 5.28. The Labute approximate surface area is 79.0 Å². The zero-order chi connectivity index (χ0) is 9.84. The van der Waals surface area contributed by atoms with Gasteiger partial charge in [-0.25, -0.2) is 0 Å². The lowest BCUT2D eigenvalue weighted by Gasteiger charge is -2.27. The Morgan fingerprint density at radius 1 is 1.15 bits per heavy atom. The van der Waals surface area contributed by atoms with E-state index in [-0.39, 0.29) is 12.2 Å². The second kappa shape index (κ2) is 4.44. The van der Waals surface area contributed by atoms with Gasteiger partial charge in [0.15, 0.2) is 0 Å². The molecule has 0 aromatic carbocycles. The van der Waals surface area contributed by atoms with Gasteiger partial charge in [-0.05, 0) is 24.6 Å². The molecule has 0 saturated carbocycles. The maximum absolute atomic E-state index is 5.28. The van der Waals surface area contributed by atoms with E-state index in [0.717, 1.165) is 11.3 Å². The molecular formula is C10H16O3. The third-order valence-electron chi connectivity index (χ3n) is 2.14. The third kappa shape index (κ3) is 2.11. The SMILES string of the molecule is COC1=CC(C)=CC(OC)C1OC. The standard InChI is InChI=1S/C10H16O3/c1-7-5-8(11-2)10(13-4)9(6-7)12-3/h5-6,8,10H,1-4H3. The van der Waals surface area contributed by atoms with Gasteiger partial charge in [0, 0.05) is 14.2 Å². The molecule has 0 spiro atoms. The van der Waals surface area contributed by atoms with Gasteiger partial charge in [-0.2, -0.15) is 0 Å². The second-order valence-corrected chi connectivity index (χ2v) is 3.02. The van der Waals surface area contributed by atoms with E-state index in [1.54, 1.807) is 21.3 Å². The van der Waals surface area contributed by atoms with Crippen LogP contribution < -0.4 is 0 Å². The van der Waals surface area contributed by atoms with Crippen LogP contribution in [0.3, 0.4) is 0 Å². The summed E-state index contributed by atoms with van der Waals surface area (Å²) in [5.74, 6) is 0.814. The summed E-state index contributed by atoms with van der Waals surface area (Å²) in [5, 5.41) is 0. The molecule has 0 aliphatic heterocycles. The summed E-state index contributed by atoms with van der Waals surface area (Å²) in [7, 11) is 4.96. The van der Waals surface area contributed by atoms with E-state index in [0.29, 0.717) is 0 Å². The fourth-order valence-electron chi connectivity index (χ4n) is 1.48. The van der Waals surface area contributed by atoms with Crippen molar-refractivity contribution in [1.82, 2.24) is 0 Å². The summed E-state index contributed by atoms with van der Waals surface area (Å²) in [6.45, 7) is 2.01. The molecule has 0 aromatic rings. The zero-order valence-corrected chi connectivity index (χ0v) is 8.53. The predicted molar refractivity (Wildman–Crippen MR) is 50.4 cm³/mol. The zero-order valence-electron chi connectivity index (χ0n) is 8.53. The van der Waals surface area contributed by atoms with Gasteiger partial charge in [0.2, 0.25) is 0 Å². The second-order valence-electron chi connectivity index (χ2n) is 3.02. The molecule has 1 rings (SSSR count). The van der Waals surface area contributed by atoms with Gasteiger partial charge in [-0.15, -0.1) is 0 Å². The number of methoxy groups -OCH3 is 3. The highest BCUT2D eigenvalue weighted by molar-refractivity contribution is 5.29. The molecular weight excluding hydrogens is 168 g/mol. The number of hydrogen-bond donors (Lipinski definition) is 0. The van der Waals surface area contributed by atoms with E-state index in [9.17, 15) is 0 Å². The van der Waals surface area contributed by atoms with Gasteiger partial charge in [0.1, 0.15) is 18.0 Å². The van der Waals surface area contributed by atoms with Crippen molar-refractivity contribution in [2.45, 2.75) is 19.1 Å². The van der Waals surface area contributed by atoms with E-state index in [4.69, 9.17) is 14.2 Å². The summed E-state index contributed by atoms with van der Waals surface area (Å²) in [5.41, 5.74) is 1.14. The lowest BCUT2D eigenvalue weighted by Crippen LogP contribution is -2.33. The van der Waals surface area contributed by atoms with Crippen molar-refractivity contribution in [2.75, 3.05) is 21.3 Å². The molecule has 1 aliphatic carbocycles. The summed E-state index contributed by atoms with van der Waals surface area (Å²) in [6, 6.07) is 0. The molecule has 0 bridgehead atoms. The van der Waals surface area contributed by atoms with E-state index in [1.807, 2.05) is 19.1 Å². The Kier molecular flexibility index (Phi) is 3.51. The van der Waals surface area contributed by atoms with Crippen LogP contribution in [0, 0.1) is 0 Å². The van der Waals surface area contributed by atoms with Crippen molar-refractivity contribution >= 4 is 0 Å². The topological polar surface area (TPSA) is 27.7 Å². The fraction of sp³-hybridized carbons (Fsp3) is 0.600. The average molecular weight is 184 g/mol. The minimum absolute atomic E-state index is 0.0510. The first-order valence-corrected chi connectivity index (χ1v) is 4.22. The molecule has 3 nitrogen and oxygen atoms in total. The molecule has 3 heteroatoms. The summed E-state index contributed by atoms with van der Waals surface area (Å²) < 4.78 is 15.8. The van der Waals surface area contributed by atoms with Crippen LogP contribution in [0.2, 0.25) is 0 Å². The first kappa shape index (κ1) is 10.3. The average Bonchev–Trinajstić information content (AvgIpc) is 2.16. The first-order chi connectivity index (χ1) is 6.22. The Bertz CT molecular complexity index is 230. The van der Waals surface area contributed by atoms with Gasteiger partial charge in [0.25, 0.3) is 0 Å². The number of rotatable bonds is 3. The molecule has 0 amide bonds. The predicted octanol–water partition coefficient (Wildman–Crippen LogP) is 1.51.